The van der Waals surface area contributed by atoms with Crippen molar-refractivity contribution >= 4 is 59.9 Å². The third-order valence-electron chi connectivity index (χ3n) is 10.1. The van der Waals surface area contributed by atoms with E-state index in [2.05, 4.69) is 184 Å². The van der Waals surface area contributed by atoms with Crippen LogP contribution in [0.15, 0.2) is 164 Å². The molecule has 0 bridgehead atoms. The summed E-state index contributed by atoms with van der Waals surface area (Å²) >= 11 is 0. The van der Waals surface area contributed by atoms with E-state index in [0.717, 1.165) is 0 Å². The second kappa shape index (κ2) is 11.4. The highest BCUT2D eigenvalue weighted by atomic mass is 14.2. The first kappa shape index (κ1) is 28.3. The molecule has 0 saturated carbocycles. The molecule has 9 aromatic rings. The van der Waals surface area contributed by atoms with Crippen LogP contribution in [0.25, 0.3) is 93.3 Å². The molecule has 0 N–H and O–H groups in total. The molecule has 48 heavy (non-hydrogen) atoms. The van der Waals surface area contributed by atoms with Gasteiger partial charge in [0, 0.05) is 0 Å². The molecule has 0 heterocycles. The first-order valence-electron chi connectivity index (χ1n) is 16.8. The topological polar surface area (TPSA) is 0 Å². The van der Waals surface area contributed by atoms with Gasteiger partial charge in [-0.3, -0.25) is 0 Å². The van der Waals surface area contributed by atoms with Crippen LogP contribution in [0, 0.1) is 6.92 Å². The fraction of sp³-hybridized carbons (Fsp3) is 0.0417. The van der Waals surface area contributed by atoms with Crippen molar-refractivity contribution in [2.24, 2.45) is 0 Å². The number of fused-ring (bicyclic) bond motifs is 6. The summed E-state index contributed by atoms with van der Waals surface area (Å²) < 4.78 is 0. The zero-order valence-corrected chi connectivity index (χ0v) is 27.2. The second-order valence-electron chi connectivity index (χ2n) is 12.9. The van der Waals surface area contributed by atoms with E-state index in [-0.39, 0.29) is 0 Å². The minimum absolute atomic E-state index is 1.23. The largest absolute Gasteiger partial charge is 0.0871 e. The van der Waals surface area contributed by atoms with Crippen LogP contribution in [0.5, 0.6) is 0 Å². The molecule has 0 nitrogen and oxygen atoms in total. The molecule has 0 spiro atoms. The third-order valence-corrected chi connectivity index (χ3v) is 10.1. The maximum absolute atomic E-state index is 2.40. The Kier molecular flexibility index (Phi) is 6.69. The lowest BCUT2D eigenvalue weighted by molar-refractivity contribution is 1.44. The zero-order chi connectivity index (χ0) is 32.2. The van der Waals surface area contributed by atoms with E-state index in [4.69, 9.17) is 0 Å². The Labute approximate surface area is 281 Å². The van der Waals surface area contributed by atoms with Gasteiger partial charge in [-0.05, 0) is 136 Å². The van der Waals surface area contributed by atoms with E-state index in [0.29, 0.717) is 0 Å². The van der Waals surface area contributed by atoms with E-state index >= 15 is 0 Å². The SMILES string of the molecule is C/C=C\c1cc(-c2ccc3ccc(-c4c5ccccc5c(-c5cc6ccccc6c6ccccc56)c5ccccc45)cc3c2)ccc1C. The fourth-order valence-corrected chi connectivity index (χ4v) is 7.75. The van der Waals surface area contributed by atoms with Crippen LogP contribution in [-0.2, 0) is 0 Å². The zero-order valence-electron chi connectivity index (χ0n) is 27.2. The Balaban J connectivity index is 1.31. The van der Waals surface area contributed by atoms with Gasteiger partial charge in [-0.25, -0.2) is 0 Å². The van der Waals surface area contributed by atoms with Gasteiger partial charge in [-0.1, -0.05) is 146 Å². The molecular weight excluding hydrogens is 577 g/mol. The predicted octanol–water partition coefficient (Wildman–Crippen LogP) is 13.8. The van der Waals surface area contributed by atoms with Gasteiger partial charge in [0.05, 0.1) is 0 Å². The van der Waals surface area contributed by atoms with Gasteiger partial charge in [0.2, 0.25) is 0 Å². The minimum atomic E-state index is 1.23. The number of allylic oxidation sites excluding steroid dienone is 1. The molecule has 0 saturated heterocycles. The summed E-state index contributed by atoms with van der Waals surface area (Å²) in [7, 11) is 0. The summed E-state index contributed by atoms with van der Waals surface area (Å²) in [4.78, 5) is 0. The van der Waals surface area contributed by atoms with E-state index in [1.807, 2.05) is 0 Å². The van der Waals surface area contributed by atoms with Crippen molar-refractivity contribution in [2.75, 3.05) is 0 Å². The smallest absolute Gasteiger partial charge is 0.00199 e. The summed E-state index contributed by atoms with van der Waals surface area (Å²) in [6, 6.07) is 58.6. The first-order valence-corrected chi connectivity index (χ1v) is 16.8. The average molecular weight is 611 g/mol. The second-order valence-corrected chi connectivity index (χ2v) is 12.9. The van der Waals surface area contributed by atoms with Crippen molar-refractivity contribution in [3.8, 4) is 33.4 Å². The van der Waals surface area contributed by atoms with Crippen LogP contribution in [0.1, 0.15) is 18.1 Å². The van der Waals surface area contributed by atoms with Crippen LogP contribution in [-0.4, -0.2) is 0 Å². The lowest BCUT2D eigenvalue weighted by atomic mass is 9.83. The molecule has 226 valence electrons. The number of hydrogen-bond donors (Lipinski definition) is 0. The van der Waals surface area contributed by atoms with E-state index in [1.54, 1.807) is 0 Å². The van der Waals surface area contributed by atoms with Crippen LogP contribution < -0.4 is 0 Å². The third kappa shape index (κ3) is 4.53. The van der Waals surface area contributed by atoms with Gasteiger partial charge < -0.3 is 0 Å². The molecule has 9 aromatic carbocycles. The molecule has 0 heteroatoms. The number of aryl methyl sites for hydroxylation is 1. The lowest BCUT2D eigenvalue weighted by Gasteiger charge is -2.20. The Morgan fingerprint density at radius 1 is 0.375 bits per heavy atom. The van der Waals surface area contributed by atoms with Crippen LogP contribution in [0.3, 0.4) is 0 Å². The van der Waals surface area contributed by atoms with E-state index < -0.39 is 0 Å². The normalized spacial score (nSPS) is 11.9. The quantitative estimate of drug-likeness (QED) is 0.137. The highest BCUT2D eigenvalue weighted by molar-refractivity contribution is 6.26. The molecule has 0 aliphatic heterocycles. The van der Waals surface area contributed by atoms with Crippen molar-refractivity contribution in [1.82, 2.24) is 0 Å². The molecule has 0 amide bonds. The van der Waals surface area contributed by atoms with Crippen molar-refractivity contribution in [3.63, 3.8) is 0 Å². The monoisotopic (exact) mass is 610 g/mol. The predicted molar refractivity (Wildman–Crippen MR) is 210 cm³/mol. The van der Waals surface area contributed by atoms with Gasteiger partial charge in [0.25, 0.3) is 0 Å². The first-order chi connectivity index (χ1) is 23.7. The van der Waals surface area contributed by atoms with E-state index in [9.17, 15) is 0 Å². The average Bonchev–Trinajstić information content (AvgIpc) is 3.14. The Morgan fingerprint density at radius 2 is 0.896 bits per heavy atom. The summed E-state index contributed by atoms with van der Waals surface area (Å²) in [6.07, 6.45) is 4.31. The highest BCUT2D eigenvalue weighted by Crippen LogP contribution is 2.46. The molecular formula is C48H34. The van der Waals surface area contributed by atoms with Crippen molar-refractivity contribution in [1.29, 1.82) is 0 Å². The van der Waals surface area contributed by atoms with Gasteiger partial charge in [-0.15, -0.1) is 0 Å². The van der Waals surface area contributed by atoms with Gasteiger partial charge in [-0.2, -0.15) is 0 Å². The Bertz CT molecular complexity index is 2680. The summed E-state index contributed by atoms with van der Waals surface area (Å²) in [5.41, 5.74) is 10.1. The maximum atomic E-state index is 2.40. The van der Waals surface area contributed by atoms with Gasteiger partial charge in [0.1, 0.15) is 0 Å². The van der Waals surface area contributed by atoms with Crippen LogP contribution >= 0.6 is 0 Å². The molecule has 0 fully saturated rings. The molecule has 9 rings (SSSR count). The van der Waals surface area contributed by atoms with Crippen molar-refractivity contribution in [2.45, 2.75) is 13.8 Å². The minimum Gasteiger partial charge on any atom is -0.0871 e. The molecule has 0 aliphatic carbocycles. The molecule has 0 aliphatic rings. The van der Waals surface area contributed by atoms with Crippen LogP contribution in [0.4, 0.5) is 0 Å². The molecule has 0 unspecified atom stereocenters. The number of rotatable bonds is 4. The lowest BCUT2D eigenvalue weighted by Crippen LogP contribution is -1.92. The molecule has 0 radical (unpaired) electrons. The summed E-state index contributed by atoms with van der Waals surface area (Å²) in [6.45, 7) is 4.25. The number of hydrogen-bond acceptors (Lipinski definition) is 0. The molecule has 0 aromatic heterocycles. The summed E-state index contributed by atoms with van der Waals surface area (Å²) in [5.74, 6) is 0. The Morgan fingerprint density at radius 3 is 1.58 bits per heavy atom. The van der Waals surface area contributed by atoms with Crippen molar-refractivity contribution < 1.29 is 0 Å². The standard InChI is InChI=1S/C48H34/c1-3-12-33-27-34(22-21-31(33)2)35-25-23-32-24-26-37(29-38(32)28-35)47-42-17-8-10-19-44(42)48(45-20-11-9-18-43(45)47)46-30-36-13-4-5-14-39(36)40-15-6-7-16-41(40)46/h3-30H,1-2H3/b12-3-. The molecule has 0 atom stereocenters. The van der Waals surface area contributed by atoms with Crippen molar-refractivity contribution in [3.05, 3.63) is 175 Å². The number of benzene rings is 9. The van der Waals surface area contributed by atoms with Gasteiger partial charge in [0.15, 0.2) is 0 Å². The Hall–Kier alpha value is -5.98. The summed E-state index contributed by atoms with van der Waals surface area (Å²) in [5, 5.41) is 12.7. The van der Waals surface area contributed by atoms with E-state index in [1.165, 1.54) is 98.4 Å². The highest BCUT2D eigenvalue weighted by Gasteiger charge is 2.19. The maximum Gasteiger partial charge on any atom is -0.00199 e. The van der Waals surface area contributed by atoms with Crippen LogP contribution in [0.2, 0.25) is 0 Å². The fourth-order valence-electron chi connectivity index (χ4n) is 7.75. The van der Waals surface area contributed by atoms with Gasteiger partial charge >= 0.3 is 0 Å².